The Morgan fingerprint density at radius 3 is 2.53 bits per heavy atom. The van der Waals surface area contributed by atoms with Crippen molar-refractivity contribution in [2.24, 2.45) is 0 Å². The van der Waals surface area contributed by atoms with E-state index in [1.807, 2.05) is 0 Å². The van der Waals surface area contributed by atoms with Gasteiger partial charge in [-0.3, -0.25) is 0 Å². The van der Waals surface area contributed by atoms with Gasteiger partial charge < -0.3 is 9.88 Å². The summed E-state index contributed by atoms with van der Waals surface area (Å²) in [5.41, 5.74) is 0. The molecule has 0 fully saturated rings. The highest BCUT2D eigenvalue weighted by molar-refractivity contribution is 5.08. The van der Waals surface area contributed by atoms with E-state index in [2.05, 4.69) is 40.9 Å². The number of aromatic nitrogens is 3. The maximum Gasteiger partial charge on any atom is 0.150 e. The molecule has 0 spiro atoms. The third kappa shape index (κ3) is 3.16. The van der Waals surface area contributed by atoms with Crippen molar-refractivity contribution in [3.8, 4) is 0 Å². The largest absolute Gasteiger partial charge is 0.312 e. The van der Waals surface area contributed by atoms with Crippen LogP contribution in [0.5, 0.6) is 0 Å². The minimum Gasteiger partial charge on any atom is -0.312 e. The summed E-state index contributed by atoms with van der Waals surface area (Å²) in [6.07, 6.45) is 7.26. The summed E-state index contributed by atoms with van der Waals surface area (Å²) in [6.45, 7) is 8.83. The molecule has 1 unspecified atom stereocenters. The van der Waals surface area contributed by atoms with Crippen LogP contribution in [-0.4, -0.2) is 21.3 Å². The molecule has 0 bridgehead atoms. The molecule has 0 saturated carbocycles. The molecule has 4 nitrogen and oxygen atoms in total. The van der Waals surface area contributed by atoms with Crippen LogP contribution in [-0.2, 0) is 6.54 Å². The molecule has 0 amide bonds. The maximum absolute atomic E-state index is 4.54. The van der Waals surface area contributed by atoms with E-state index in [-0.39, 0.29) is 0 Å². The highest BCUT2D eigenvalue weighted by atomic mass is 15.3. The van der Waals surface area contributed by atoms with E-state index in [1.165, 1.54) is 43.8 Å². The summed E-state index contributed by atoms with van der Waals surface area (Å²) in [5, 5.41) is 12.6. The number of nitrogens with one attached hydrogen (secondary N) is 1. The lowest BCUT2D eigenvalue weighted by Gasteiger charge is -2.26. The molecule has 1 atom stereocenters. The van der Waals surface area contributed by atoms with Crippen LogP contribution in [0.2, 0.25) is 0 Å². The molecule has 2 rings (SSSR count). The molecule has 0 aliphatic carbocycles. The Morgan fingerprint density at radius 2 is 1.89 bits per heavy atom. The van der Waals surface area contributed by atoms with Crippen LogP contribution in [0.25, 0.3) is 0 Å². The van der Waals surface area contributed by atoms with E-state index in [0.717, 1.165) is 19.5 Å². The highest BCUT2D eigenvalue weighted by Gasteiger charge is 2.26. The van der Waals surface area contributed by atoms with E-state index in [9.17, 15) is 0 Å². The third-order valence-corrected chi connectivity index (χ3v) is 4.06. The molecule has 0 aromatic carbocycles. The first-order valence-corrected chi connectivity index (χ1v) is 7.98. The zero-order chi connectivity index (χ0) is 13.7. The van der Waals surface area contributed by atoms with Crippen molar-refractivity contribution in [1.82, 2.24) is 20.1 Å². The van der Waals surface area contributed by atoms with Crippen molar-refractivity contribution in [2.75, 3.05) is 6.54 Å². The molecule has 2 heterocycles. The van der Waals surface area contributed by atoms with Gasteiger partial charge in [-0.2, -0.15) is 0 Å². The van der Waals surface area contributed by atoms with E-state index in [4.69, 9.17) is 0 Å². The van der Waals surface area contributed by atoms with Gasteiger partial charge in [0.05, 0.1) is 6.04 Å². The lowest BCUT2D eigenvalue weighted by molar-refractivity contribution is 0.379. The van der Waals surface area contributed by atoms with Gasteiger partial charge in [0.25, 0.3) is 0 Å². The monoisotopic (exact) mass is 264 g/mol. The molecule has 4 heteroatoms. The van der Waals surface area contributed by atoms with Crippen molar-refractivity contribution in [3.63, 3.8) is 0 Å². The number of rotatable bonds is 7. The third-order valence-electron chi connectivity index (χ3n) is 4.06. The zero-order valence-corrected chi connectivity index (χ0v) is 12.7. The molecule has 1 N–H and O–H groups in total. The fourth-order valence-corrected chi connectivity index (χ4v) is 3.18. The zero-order valence-electron chi connectivity index (χ0n) is 12.7. The summed E-state index contributed by atoms with van der Waals surface area (Å²) in [4.78, 5) is 0. The topological polar surface area (TPSA) is 42.7 Å². The molecular weight excluding hydrogens is 236 g/mol. The molecular formula is C15H28N4. The number of nitrogens with zero attached hydrogens (tertiary/aromatic N) is 3. The Bertz CT molecular complexity index is 379. The fourth-order valence-electron chi connectivity index (χ4n) is 3.18. The van der Waals surface area contributed by atoms with Crippen LogP contribution in [0.3, 0.4) is 0 Å². The Hall–Kier alpha value is -0.900. The van der Waals surface area contributed by atoms with Crippen LogP contribution in [0.4, 0.5) is 0 Å². The Morgan fingerprint density at radius 1 is 1.16 bits per heavy atom. The van der Waals surface area contributed by atoms with E-state index >= 15 is 0 Å². The average molecular weight is 264 g/mol. The van der Waals surface area contributed by atoms with E-state index < -0.39 is 0 Å². The van der Waals surface area contributed by atoms with Crippen molar-refractivity contribution in [3.05, 3.63) is 11.6 Å². The van der Waals surface area contributed by atoms with Gasteiger partial charge in [-0.05, 0) is 19.3 Å². The SMILES string of the molecule is CCCC(CCC)c1nnc2n1CCNC2CCC. The normalized spacial score (nSPS) is 18.8. The van der Waals surface area contributed by atoms with Crippen LogP contribution in [0.1, 0.15) is 82.9 Å². The van der Waals surface area contributed by atoms with Crippen molar-refractivity contribution < 1.29 is 0 Å². The summed E-state index contributed by atoms with van der Waals surface area (Å²) in [5.74, 6) is 3.00. The van der Waals surface area contributed by atoms with Gasteiger partial charge in [-0.1, -0.05) is 40.0 Å². The average Bonchev–Trinajstić information content (AvgIpc) is 2.84. The first-order chi connectivity index (χ1) is 9.31. The van der Waals surface area contributed by atoms with E-state index in [1.54, 1.807) is 0 Å². The Balaban J connectivity index is 2.22. The highest BCUT2D eigenvalue weighted by Crippen LogP contribution is 2.29. The van der Waals surface area contributed by atoms with Crippen LogP contribution >= 0.6 is 0 Å². The Kier molecular flexibility index (Phi) is 5.37. The minimum atomic E-state index is 0.406. The maximum atomic E-state index is 4.54. The van der Waals surface area contributed by atoms with Crippen molar-refractivity contribution >= 4 is 0 Å². The minimum absolute atomic E-state index is 0.406. The first-order valence-electron chi connectivity index (χ1n) is 7.98. The second-order valence-corrected chi connectivity index (χ2v) is 5.64. The molecule has 1 aliphatic heterocycles. The quantitative estimate of drug-likeness (QED) is 0.820. The van der Waals surface area contributed by atoms with Gasteiger partial charge in [-0.15, -0.1) is 10.2 Å². The first kappa shape index (κ1) is 14.5. The van der Waals surface area contributed by atoms with Crippen LogP contribution < -0.4 is 5.32 Å². The van der Waals surface area contributed by atoms with Gasteiger partial charge in [0, 0.05) is 19.0 Å². The molecule has 0 radical (unpaired) electrons. The molecule has 1 aromatic heterocycles. The van der Waals surface area contributed by atoms with Gasteiger partial charge in [-0.25, -0.2) is 0 Å². The summed E-state index contributed by atoms with van der Waals surface area (Å²) < 4.78 is 2.40. The van der Waals surface area contributed by atoms with Crippen LogP contribution in [0.15, 0.2) is 0 Å². The summed E-state index contributed by atoms with van der Waals surface area (Å²) in [7, 11) is 0. The second-order valence-electron chi connectivity index (χ2n) is 5.64. The summed E-state index contributed by atoms with van der Waals surface area (Å²) in [6, 6.07) is 0.406. The van der Waals surface area contributed by atoms with Crippen molar-refractivity contribution in [1.29, 1.82) is 0 Å². The smallest absolute Gasteiger partial charge is 0.150 e. The molecule has 108 valence electrons. The van der Waals surface area contributed by atoms with Crippen LogP contribution in [0, 0.1) is 0 Å². The predicted molar refractivity (Wildman–Crippen MR) is 78.2 cm³/mol. The lowest BCUT2D eigenvalue weighted by Crippen LogP contribution is -2.34. The fraction of sp³-hybridized carbons (Fsp3) is 0.867. The second kappa shape index (κ2) is 7.04. The number of hydrogen-bond donors (Lipinski definition) is 1. The van der Waals surface area contributed by atoms with E-state index in [0.29, 0.717) is 12.0 Å². The number of hydrogen-bond acceptors (Lipinski definition) is 3. The molecule has 1 aliphatic rings. The lowest BCUT2D eigenvalue weighted by atomic mass is 9.97. The molecule has 0 saturated heterocycles. The van der Waals surface area contributed by atoms with Gasteiger partial charge in [0.2, 0.25) is 0 Å². The van der Waals surface area contributed by atoms with Gasteiger partial charge >= 0.3 is 0 Å². The summed E-state index contributed by atoms with van der Waals surface area (Å²) >= 11 is 0. The van der Waals surface area contributed by atoms with Crippen molar-refractivity contribution in [2.45, 2.75) is 77.8 Å². The Labute approximate surface area is 117 Å². The predicted octanol–water partition coefficient (Wildman–Crippen LogP) is 3.41. The molecule has 19 heavy (non-hydrogen) atoms. The standard InChI is InChI=1S/C15H28N4/c1-4-7-12(8-5-2)14-17-18-15-13(9-6-3)16-10-11-19(14)15/h12-13,16H,4-11H2,1-3H3. The van der Waals surface area contributed by atoms with Gasteiger partial charge in [0.15, 0.2) is 0 Å². The number of fused-ring (bicyclic) bond motifs is 1. The van der Waals surface area contributed by atoms with Gasteiger partial charge in [0.1, 0.15) is 11.6 Å². The molecule has 1 aromatic rings.